The first-order valence-electron chi connectivity index (χ1n) is 5.01. The summed E-state index contributed by atoms with van der Waals surface area (Å²) >= 11 is 4.76. The molecule has 4 nitrogen and oxygen atoms in total. The summed E-state index contributed by atoms with van der Waals surface area (Å²) in [6.45, 7) is 1.94. The molecule has 1 aliphatic heterocycles. The highest BCUT2D eigenvalue weighted by Crippen LogP contribution is 2.07. The molecule has 1 saturated heterocycles. The standard InChI is InChI=1S/C12H10N2O2S/c1-7-2-4-8(5-3-7)10(15)6-9-11(16)14-12(17)13-9/h2-6H,1H3,(H2,13,14,16,17). The highest BCUT2D eigenvalue weighted by atomic mass is 32.1. The normalized spacial score (nSPS) is 16.9. The maximum Gasteiger partial charge on any atom is 0.274 e. The Morgan fingerprint density at radius 2 is 1.88 bits per heavy atom. The molecule has 2 N–H and O–H groups in total. The van der Waals surface area contributed by atoms with E-state index in [1.807, 2.05) is 19.1 Å². The van der Waals surface area contributed by atoms with Crippen LogP contribution in [0.25, 0.3) is 0 Å². The molecule has 0 aliphatic carbocycles. The molecule has 17 heavy (non-hydrogen) atoms. The first-order chi connectivity index (χ1) is 8.06. The van der Waals surface area contributed by atoms with Gasteiger partial charge in [-0.3, -0.25) is 14.9 Å². The van der Waals surface area contributed by atoms with Crippen LogP contribution in [0.2, 0.25) is 0 Å². The fourth-order valence-electron chi connectivity index (χ4n) is 1.41. The van der Waals surface area contributed by atoms with Gasteiger partial charge >= 0.3 is 0 Å². The Bertz CT molecular complexity index is 532. The molecule has 0 unspecified atom stereocenters. The van der Waals surface area contributed by atoms with E-state index in [1.165, 1.54) is 6.08 Å². The lowest BCUT2D eigenvalue weighted by molar-refractivity contribution is -0.115. The van der Waals surface area contributed by atoms with E-state index in [0.29, 0.717) is 5.56 Å². The van der Waals surface area contributed by atoms with Gasteiger partial charge in [0.25, 0.3) is 5.91 Å². The second kappa shape index (κ2) is 4.47. The van der Waals surface area contributed by atoms with Crippen LogP contribution in [0, 0.1) is 6.92 Å². The summed E-state index contributed by atoms with van der Waals surface area (Å²) in [7, 11) is 0. The number of carbonyl (C=O) groups excluding carboxylic acids is 2. The third-order valence-corrected chi connectivity index (χ3v) is 2.54. The second-order valence-corrected chi connectivity index (χ2v) is 4.10. The summed E-state index contributed by atoms with van der Waals surface area (Å²) in [6.07, 6.45) is 1.25. The Morgan fingerprint density at radius 3 is 2.41 bits per heavy atom. The number of rotatable bonds is 2. The van der Waals surface area contributed by atoms with Crippen LogP contribution in [0.3, 0.4) is 0 Å². The van der Waals surface area contributed by atoms with Crippen molar-refractivity contribution >= 4 is 29.0 Å². The molecule has 0 aromatic heterocycles. The summed E-state index contributed by atoms with van der Waals surface area (Å²) in [5.74, 6) is -0.609. The fourth-order valence-corrected chi connectivity index (χ4v) is 1.62. The molecule has 1 aromatic carbocycles. The van der Waals surface area contributed by atoms with Crippen molar-refractivity contribution < 1.29 is 9.59 Å². The summed E-state index contributed by atoms with van der Waals surface area (Å²) < 4.78 is 0. The van der Waals surface area contributed by atoms with Gasteiger partial charge in [0.05, 0.1) is 0 Å². The number of thiocarbonyl (C=S) groups is 1. The van der Waals surface area contributed by atoms with Crippen molar-refractivity contribution in [1.29, 1.82) is 0 Å². The van der Waals surface area contributed by atoms with E-state index >= 15 is 0 Å². The summed E-state index contributed by atoms with van der Waals surface area (Å²) in [5, 5.41) is 5.24. The number of amides is 1. The number of benzene rings is 1. The fraction of sp³-hybridized carbons (Fsp3) is 0.0833. The SMILES string of the molecule is Cc1ccc(C(=O)C=C2NC(=S)NC2=O)cc1. The monoisotopic (exact) mass is 246 g/mol. The lowest BCUT2D eigenvalue weighted by Gasteiger charge is -1.98. The van der Waals surface area contributed by atoms with E-state index in [9.17, 15) is 9.59 Å². The van der Waals surface area contributed by atoms with E-state index in [2.05, 4.69) is 10.6 Å². The average molecular weight is 246 g/mol. The highest BCUT2D eigenvalue weighted by Gasteiger charge is 2.21. The summed E-state index contributed by atoms with van der Waals surface area (Å²) in [6, 6.07) is 7.14. The molecule has 86 valence electrons. The molecule has 1 fully saturated rings. The van der Waals surface area contributed by atoms with Crippen LogP contribution in [0.1, 0.15) is 15.9 Å². The molecule has 1 aliphatic rings. The first kappa shape index (κ1) is 11.5. The number of nitrogens with one attached hydrogen (secondary N) is 2. The molecule has 1 heterocycles. The number of hydrogen-bond acceptors (Lipinski definition) is 3. The third kappa shape index (κ3) is 2.57. The summed E-state index contributed by atoms with van der Waals surface area (Å²) in [5.41, 5.74) is 1.79. The smallest absolute Gasteiger partial charge is 0.274 e. The molecular weight excluding hydrogens is 236 g/mol. The number of carbonyl (C=O) groups is 2. The van der Waals surface area contributed by atoms with Gasteiger partial charge in [0, 0.05) is 11.6 Å². The van der Waals surface area contributed by atoms with Crippen molar-refractivity contribution in [2.75, 3.05) is 0 Å². The minimum atomic E-state index is -0.379. The molecule has 0 atom stereocenters. The van der Waals surface area contributed by atoms with Gasteiger partial charge in [0.15, 0.2) is 10.9 Å². The van der Waals surface area contributed by atoms with Crippen molar-refractivity contribution in [2.24, 2.45) is 0 Å². The van der Waals surface area contributed by atoms with Crippen molar-refractivity contribution in [1.82, 2.24) is 10.6 Å². The zero-order valence-electron chi connectivity index (χ0n) is 9.11. The number of ketones is 1. The third-order valence-electron chi connectivity index (χ3n) is 2.33. The van der Waals surface area contributed by atoms with Crippen LogP contribution < -0.4 is 10.6 Å². The molecule has 1 aromatic rings. The van der Waals surface area contributed by atoms with Gasteiger partial charge in [0.1, 0.15) is 5.70 Å². The van der Waals surface area contributed by atoms with Crippen LogP contribution in [0.4, 0.5) is 0 Å². The Labute approximate surface area is 104 Å². The maximum atomic E-state index is 11.8. The van der Waals surface area contributed by atoms with Crippen LogP contribution in [0.15, 0.2) is 36.0 Å². The van der Waals surface area contributed by atoms with Gasteiger partial charge in [-0.25, -0.2) is 0 Å². The molecule has 0 spiro atoms. The zero-order chi connectivity index (χ0) is 12.4. The van der Waals surface area contributed by atoms with E-state index in [4.69, 9.17) is 12.2 Å². The zero-order valence-corrected chi connectivity index (χ0v) is 9.93. The van der Waals surface area contributed by atoms with Gasteiger partial charge in [-0.15, -0.1) is 0 Å². The topological polar surface area (TPSA) is 58.2 Å². The van der Waals surface area contributed by atoms with E-state index in [-0.39, 0.29) is 22.5 Å². The van der Waals surface area contributed by atoms with E-state index in [1.54, 1.807) is 12.1 Å². The number of hydrogen-bond donors (Lipinski definition) is 2. The van der Waals surface area contributed by atoms with Gasteiger partial charge in [0.2, 0.25) is 0 Å². The summed E-state index contributed by atoms with van der Waals surface area (Å²) in [4.78, 5) is 23.1. The molecule has 0 radical (unpaired) electrons. The van der Waals surface area contributed by atoms with E-state index < -0.39 is 0 Å². The average Bonchev–Trinajstić information content (AvgIpc) is 2.58. The minimum Gasteiger partial charge on any atom is -0.328 e. The highest BCUT2D eigenvalue weighted by molar-refractivity contribution is 7.80. The molecule has 0 bridgehead atoms. The minimum absolute atomic E-state index is 0.181. The van der Waals surface area contributed by atoms with Gasteiger partial charge in [-0.2, -0.15) is 0 Å². The van der Waals surface area contributed by atoms with Gasteiger partial charge < -0.3 is 5.32 Å². The Kier molecular flexibility index (Phi) is 3.01. The predicted octanol–water partition coefficient (Wildman–Crippen LogP) is 1.07. The van der Waals surface area contributed by atoms with Gasteiger partial charge in [-0.1, -0.05) is 29.8 Å². The Balaban J connectivity index is 2.22. The quantitative estimate of drug-likeness (QED) is 0.465. The van der Waals surface area contributed by atoms with Crippen molar-refractivity contribution in [2.45, 2.75) is 6.92 Å². The molecule has 0 saturated carbocycles. The number of aryl methyl sites for hydroxylation is 1. The molecule has 1 amide bonds. The number of allylic oxidation sites excluding steroid dienone is 1. The Hall–Kier alpha value is -2.01. The first-order valence-corrected chi connectivity index (χ1v) is 5.42. The maximum absolute atomic E-state index is 11.8. The van der Waals surface area contributed by atoms with Gasteiger partial charge in [-0.05, 0) is 19.1 Å². The predicted molar refractivity (Wildman–Crippen MR) is 67.5 cm³/mol. The van der Waals surface area contributed by atoms with Crippen molar-refractivity contribution in [3.63, 3.8) is 0 Å². The van der Waals surface area contributed by atoms with Crippen LogP contribution in [-0.2, 0) is 4.79 Å². The van der Waals surface area contributed by atoms with Crippen LogP contribution >= 0.6 is 12.2 Å². The van der Waals surface area contributed by atoms with Crippen molar-refractivity contribution in [3.8, 4) is 0 Å². The van der Waals surface area contributed by atoms with E-state index in [0.717, 1.165) is 5.56 Å². The molecular formula is C12H10N2O2S. The molecule has 5 heteroatoms. The largest absolute Gasteiger partial charge is 0.328 e. The van der Waals surface area contributed by atoms with Crippen molar-refractivity contribution in [3.05, 3.63) is 47.2 Å². The Morgan fingerprint density at radius 1 is 1.24 bits per heavy atom. The lowest BCUT2D eigenvalue weighted by Crippen LogP contribution is -2.21. The molecule has 2 rings (SSSR count). The second-order valence-electron chi connectivity index (χ2n) is 3.70. The van der Waals surface area contributed by atoms with Crippen LogP contribution in [-0.4, -0.2) is 16.8 Å². The lowest BCUT2D eigenvalue weighted by atomic mass is 10.1. The van der Waals surface area contributed by atoms with Crippen LogP contribution in [0.5, 0.6) is 0 Å².